The SMILES string of the molecule is CC(Oc1cc(-c2ccc(NC(=O)NCCO)cc2)cnc1N)c1c(Cl)ccc(F)c1Cl. The lowest BCUT2D eigenvalue weighted by molar-refractivity contribution is 0.227. The van der Waals surface area contributed by atoms with Crippen LogP contribution in [0.4, 0.5) is 20.7 Å². The van der Waals surface area contributed by atoms with E-state index in [1.807, 2.05) is 0 Å². The summed E-state index contributed by atoms with van der Waals surface area (Å²) >= 11 is 12.3. The van der Waals surface area contributed by atoms with E-state index >= 15 is 0 Å². The molecule has 0 aliphatic heterocycles. The van der Waals surface area contributed by atoms with Gasteiger partial charge in [-0.3, -0.25) is 0 Å². The number of carbonyl (C=O) groups excluding carboxylic acids is 1. The molecule has 1 heterocycles. The second kappa shape index (κ2) is 10.5. The van der Waals surface area contributed by atoms with Gasteiger partial charge in [0.05, 0.1) is 11.6 Å². The fourth-order valence-electron chi connectivity index (χ4n) is 2.96. The van der Waals surface area contributed by atoms with Crippen LogP contribution in [-0.4, -0.2) is 29.3 Å². The fourth-order valence-corrected chi connectivity index (χ4v) is 3.64. The number of nitrogens with one attached hydrogen (secondary N) is 2. The van der Waals surface area contributed by atoms with Gasteiger partial charge >= 0.3 is 6.03 Å². The molecule has 2 amide bonds. The molecule has 3 rings (SSSR count). The average Bonchev–Trinajstić information content (AvgIpc) is 2.77. The summed E-state index contributed by atoms with van der Waals surface area (Å²) in [5, 5.41) is 14.1. The number of aliphatic hydroxyl groups excluding tert-OH is 1. The van der Waals surface area contributed by atoms with Gasteiger partial charge < -0.3 is 26.2 Å². The molecule has 168 valence electrons. The molecule has 10 heteroatoms. The fraction of sp³-hybridized carbons (Fsp3) is 0.182. The molecule has 0 fully saturated rings. The Balaban J connectivity index is 1.79. The van der Waals surface area contributed by atoms with Crippen molar-refractivity contribution in [1.29, 1.82) is 0 Å². The summed E-state index contributed by atoms with van der Waals surface area (Å²) in [6, 6.07) is 10.9. The summed E-state index contributed by atoms with van der Waals surface area (Å²) < 4.78 is 19.8. The number of urea groups is 1. The van der Waals surface area contributed by atoms with Gasteiger partial charge in [-0.1, -0.05) is 35.3 Å². The third kappa shape index (κ3) is 5.59. The smallest absolute Gasteiger partial charge is 0.319 e. The number of nitrogens with two attached hydrogens (primary N) is 1. The van der Waals surface area contributed by atoms with Crippen LogP contribution in [-0.2, 0) is 0 Å². The maximum absolute atomic E-state index is 13.9. The van der Waals surface area contributed by atoms with Gasteiger partial charge in [0.15, 0.2) is 11.6 Å². The van der Waals surface area contributed by atoms with Crippen LogP contribution in [0.5, 0.6) is 5.75 Å². The Morgan fingerprint density at radius 2 is 1.94 bits per heavy atom. The molecule has 0 spiro atoms. The van der Waals surface area contributed by atoms with E-state index in [9.17, 15) is 9.18 Å². The lowest BCUT2D eigenvalue weighted by Crippen LogP contribution is -2.30. The van der Waals surface area contributed by atoms with Gasteiger partial charge in [-0.2, -0.15) is 0 Å². The van der Waals surface area contributed by atoms with E-state index in [1.54, 1.807) is 43.5 Å². The van der Waals surface area contributed by atoms with Crippen molar-refractivity contribution >= 4 is 40.7 Å². The van der Waals surface area contributed by atoms with Crippen molar-refractivity contribution in [2.45, 2.75) is 13.0 Å². The zero-order valence-electron chi connectivity index (χ0n) is 17.0. The first-order valence-corrected chi connectivity index (χ1v) is 10.4. The Hall–Kier alpha value is -3.07. The number of rotatable bonds is 7. The number of ether oxygens (including phenoxy) is 1. The molecule has 2 aromatic carbocycles. The molecule has 1 aromatic heterocycles. The van der Waals surface area contributed by atoms with Crippen molar-refractivity contribution in [1.82, 2.24) is 10.3 Å². The zero-order chi connectivity index (χ0) is 23.3. The van der Waals surface area contributed by atoms with Crippen molar-refractivity contribution < 1.29 is 19.0 Å². The number of pyridine rings is 1. The van der Waals surface area contributed by atoms with E-state index in [0.717, 1.165) is 5.56 Å². The largest absolute Gasteiger partial charge is 0.482 e. The van der Waals surface area contributed by atoms with Crippen LogP contribution in [0, 0.1) is 5.82 Å². The normalized spacial score (nSPS) is 11.7. The summed E-state index contributed by atoms with van der Waals surface area (Å²) in [4.78, 5) is 15.9. The first-order valence-electron chi connectivity index (χ1n) is 9.62. The van der Waals surface area contributed by atoms with E-state index < -0.39 is 18.0 Å². The zero-order valence-corrected chi connectivity index (χ0v) is 18.5. The van der Waals surface area contributed by atoms with Gasteiger partial charge in [-0.15, -0.1) is 0 Å². The van der Waals surface area contributed by atoms with E-state index in [-0.39, 0.29) is 34.8 Å². The number of nitrogen functional groups attached to an aromatic ring is 1. The summed E-state index contributed by atoms with van der Waals surface area (Å²) in [7, 11) is 0. The highest BCUT2D eigenvalue weighted by Crippen LogP contribution is 2.37. The molecule has 5 N–H and O–H groups in total. The van der Waals surface area contributed by atoms with Gasteiger partial charge in [0.25, 0.3) is 0 Å². The minimum absolute atomic E-state index is 0.112. The quantitative estimate of drug-likeness (QED) is 0.356. The topological polar surface area (TPSA) is 110 Å². The van der Waals surface area contributed by atoms with E-state index in [2.05, 4.69) is 15.6 Å². The molecular formula is C22H21Cl2FN4O3. The third-order valence-electron chi connectivity index (χ3n) is 4.54. The average molecular weight is 479 g/mol. The highest BCUT2D eigenvalue weighted by Gasteiger charge is 2.20. The highest BCUT2D eigenvalue weighted by molar-refractivity contribution is 6.36. The lowest BCUT2D eigenvalue weighted by atomic mass is 10.1. The van der Waals surface area contributed by atoms with Gasteiger partial charge in [0.1, 0.15) is 11.9 Å². The molecule has 7 nitrogen and oxygen atoms in total. The summed E-state index contributed by atoms with van der Waals surface area (Å²) in [6.45, 7) is 1.70. The number of aromatic nitrogens is 1. The van der Waals surface area contributed by atoms with Crippen LogP contribution in [0.3, 0.4) is 0 Å². The molecule has 3 aromatic rings. The van der Waals surface area contributed by atoms with Crippen molar-refractivity contribution in [2.24, 2.45) is 0 Å². The van der Waals surface area contributed by atoms with Crippen LogP contribution in [0.1, 0.15) is 18.6 Å². The van der Waals surface area contributed by atoms with Crippen molar-refractivity contribution in [2.75, 3.05) is 24.2 Å². The molecule has 0 aliphatic rings. The predicted octanol–water partition coefficient (Wildman–Crippen LogP) is 5.03. The number of anilines is 2. The number of carbonyl (C=O) groups is 1. The number of amides is 2. The predicted molar refractivity (Wildman–Crippen MR) is 124 cm³/mol. The third-order valence-corrected chi connectivity index (χ3v) is 5.26. The van der Waals surface area contributed by atoms with Crippen LogP contribution in [0.2, 0.25) is 10.0 Å². The van der Waals surface area contributed by atoms with E-state index in [4.69, 9.17) is 38.8 Å². The number of hydrogen-bond donors (Lipinski definition) is 4. The van der Waals surface area contributed by atoms with Gasteiger partial charge in [0, 0.05) is 34.6 Å². The second-order valence-corrected chi connectivity index (χ2v) is 7.59. The van der Waals surface area contributed by atoms with Gasteiger partial charge in [-0.25, -0.2) is 14.2 Å². The molecule has 32 heavy (non-hydrogen) atoms. The van der Waals surface area contributed by atoms with E-state index in [1.165, 1.54) is 12.1 Å². The Morgan fingerprint density at radius 3 is 2.62 bits per heavy atom. The molecule has 0 aliphatic carbocycles. The second-order valence-electron chi connectivity index (χ2n) is 6.81. The van der Waals surface area contributed by atoms with Crippen LogP contribution >= 0.6 is 23.2 Å². The Kier molecular flexibility index (Phi) is 7.74. The molecule has 0 saturated carbocycles. The molecule has 1 unspecified atom stereocenters. The minimum atomic E-state index is -0.686. The Morgan fingerprint density at radius 1 is 1.22 bits per heavy atom. The Labute approximate surface area is 194 Å². The molecule has 0 radical (unpaired) electrons. The Bertz CT molecular complexity index is 1110. The first kappa shape index (κ1) is 23.6. The van der Waals surface area contributed by atoms with Crippen LogP contribution in [0.25, 0.3) is 11.1 Å². The van der Waals surface area contributed by atoms with Crippen LogP contribution < -0.4 is 21.1 Å². The standard InChI is InChI=1S/C22H21Cl2FN4O3/c1-12(19-16(23)6-7-17(25)20(19)24)32-18-10-14(11-28-21(18)26)13-2-4-15(5-3-13)29-22(31)27-8-9-30/h2-7,10-12,30H,8-9H2,1H3,(H2,26,28)(H2,27,29,31). The number of benzene rings is 2. The summed E-state index contributed by atoms with van der Waals surface area (Å²) in [6.07, 6.45) is 0.903. The number of nitrogens with zero attached hydrogens (tertiary/aromatic N) is 1. The van der Waals surface area contributed by atoms with Crippen molar-refractivity contribution in [3.63, 3.8) is 0 Å². The van der Waals surface area contributed by atoms with Gasteiger partial charge in [-0.05, 0) is 42.8 Å². The summed E-state index contributed by atoms with van der Waals surface area (Å²) in [5.74, 6) is -0.153. The molecule has 0 saturated heterocycles. The molecule has 0 bridgehead atoms. The monoisotopic (exact) mass is 478 g/mol. The lowest BCUT2D eigenvalue weighted by Gasteiger charge is -2.19. The minimum Gasteiger partial charge on any atom is -0.482 e. The van der Waals surface area contributed by atoms with Crippen molar-refractivity contribution in [3.05, 3.63) is 70.1 Å². The maximum atomic E-state index is 13.9. The molecule has 1 atom stereocenters. The first-order chi connectivity index (χ1) is 15.3. The number of halogens is 3. The summed E-state index contributed by atoms with van der Waals surface area (Å²) in [5.41, 5.74) is 8.38. The van der Waals surface area contributed by atoms with E-state index in [0.29, 0.717) is 16.8 Å². The highest BCUT2D eigenvalue weighted by atomic mass is 35.5. The molecular weight excluding hydrogens is 458 g/mol. The number of aliphatic hydroxyl groups is 1. The maximum Gasteiger partial charge on any atom is 0.319 e. The van der Waals surface area contributed by atoms with Crippen molar-refractivity contribution in [3.8, 4) is 16.9 Å². The number of hydrogen-bond acceptors (Lipinski definition) is 5. The van der Waals surface area contributed by atoms with Crippen LogP contribution in [0.15, 0.2) is 48.7 Å². The van der Waals surface area contributed by atoms with Gasteiger partial charge in [0.2, 0.25) is 0 Å².